The molecule has 0 fully saturated rings. The molecule has 1 aromatic carbocycles. The Kier molecular flexibility index (Phi) is 5.88. The van der Waals surface area contributed by atoms with Crippen molar-refractivity contribution >= 4 is 15.9 Å². The van der Waals surface area contributed by atoms with Crippen LogP contribution >= 0.6 is 15.9 Å². The molecule has 1 atom stereocenters. The molecule has 1 N–H and O–H groups in total. The number of hydrogen-bond donors (Lipinski definition) is 1. The predicted octanol–water partition coefficient (Wildman–Crippen LogP) is 4.58. The lowest BCUT2D eigenvalue weighted by Gasteiger charge is -2.20. The zero-order chi connectivity index (χ0) is 15.2. The molecule has 0 radical (unpaired) electrons. The number of nitrogens with one attached hydrogen (secondary N) is 1. The van der Waals surface area contributed by atoms with Crippen LogP contribution in [0.15, 0.2) is 41.0 Å². The highest BCUT2D eigenvalue weighted by Crippen LogP contribution is 2.22. The zero-order valence-electron chi connectivity index (χ0n) is 12.4. The SMILES string of the molecule is CCCNC(Cc1cc(F)cc(Br)c1)c1ncccc1C. The molecule has 1 heterocycles. The van der Waals surface area contributed by atoms with Crippen molar-refractivity contribution < 1.29 is 4.39 Å². The van der Waals surface area contributed by atoms with E-state index in [0.29, 0.717) is 6.42 Å². The fraction of sp³-hybridized carbons (Fsp3) is 0.353. The fourth-order valence-electron chi connectivity index (χ4n) is 2.41. The average molecular weight is 351 g/mol. The van der Waals surface area contributed by atoms with Gasteiger partial charge in [-0.2, -0.15) is 0 Å². The Labute approximate surface area is 133 Å². The first-order valence-electron chi connectivity index (χ1n) is 7.20. The van der Waals surface area contributed by atoms with Gasteiger partial charge in [0.15, 0.2) is 0 Å². The maximum atomic E-state index is 13.5. The molecule has 0 saturated heterocycles. The molecule has 0 bridgehead atoms. The zero-order valence-corrected chi connectivity index (χ0v) is 14.0. The minimum atomic E-state index is -0.216. The first-order valence-corrected chi connectivity index (χ1v) is 7.99. The summed E-state index contributed by atoms with van der Waals surface area (Å²) in [6, 6.07) is 9.12. The van der Waals surface area contributed by atoms with Crippen LogP contribution in [0.2, 0.25) is 0 Å². The summed E-state index contributed by atoms with van der Waals surface area (Å²) in [6.07, 6.45) is 3.58. The van der Waals surface area contributed by atoms with E-state index in [2.05, 4.69) is 46.1 Å². The molecule has 0 aliphatic rings. The second-order valence-corrected chi connectivity index (χ2v) is 6.11. The van der Waals surface area contributed by atoms with Gasteiger partial charge < -0.3 is 5.32 Å². The Morgan fingerprint density at radius 1 is 1.33 bits per heavy atom. The molecule has 1 aromatic heterocycles. The van der Waals surface area contributed by atoms with Gasteiger partial charge in [-0.3, -0.25) is 4.98 Å². The number of rotatable bonds is 6. The molecule has 0 aliphatic heterocycles. The van der Waals surface area contributed by atoms with Gasteiger partial charge >= 0.3 is 0 Å². The van der Waals surface area contributed by atoms with Crippen molar-refractivity contribution in [3.8, 4) is 0 Å². The topological polar surface area (TPSA) is 24.9 Å². The molecule has 2 aromatic rings. The third-order valence-electron chi connectivity index (χ3n) is 3.38. The fourth-order valence-corrected chi connectivity index (χ4v) is 2.92. The molecule has 0 amide bonds. The summed E-state index contributed by atoms with van der Waals surface area (Å²) in [6.45, 7) is 5.11. The van der Waals surface area contributed by atoms with Crippen molar-refractivity contribution in [3.05, 3.63) is 63.6 Å². The first-order chi connectivity index (χ1) is 10.1. The largest absolute Gasteiger partial charge is 0.308 e. The van der Waals surface area contributed by atoms with Crippen molar-refractivity contribution in [1.82, 2.24) is 10.3 Å². The number of hydrogen-bond acceptors (Lipinski definition) is 2. The molecule has 21 heavy (non-hydrogen) atoms. The van der Waals surface area contributed by atoms with Crippen molar-refractivity contribution in [1.29, 1.82) is 0 Å². The molecular weight excluding hydrogens is 331 g/mol. The van der Waals surface area contributed by atoms with E-state index >= 15 is 0 Å². The third kappa shape index (κ3) is 4.61. The molecule has 2 rings (SSSR count). The van der Waals surface area contributed by atoms with E-state index in [9.17, 15) is 4.39 Å². The van der Waals surface area contributed by atoms with E-state index in [1.54, 1.807) is 6.07 Å². The minimum absolute atomic E-state index is 0.0971. The predicted molar refractivity (Wildman–Crippen MR) is 87.8 cm³/mol. The summed E-state index contributed by atoms with van der Waals surface area (Å²) in [5.41, 5.74) is 3.15. The molecule has 4 heteroatoms. The van der Waals surface area contributed by atoms with Crippen LogP contribution in [0, 0.1) is 12.7 Å². The highest BCUT2D eigenvalue weighted by molar-refractivity contribution is 9.10. The van der Waals surface area contributed by atoms with E-state index in [4.69, 9.17) is 0 Å². The van der Waals surface area contributed by atoms with Crippen LogP contribution in [-0.4, -0.2) is 11.5 Å². The van der Waals surface area contributed by atoms with E-state index in [0.717, 1.165) is 34.3 Å². The number of nitrogens with zero attached hydrogens (tertiary/aromatic N) is 1. The summed E-state index contributed by atoms with van der Waals surface area (Å²) in [5.74, 6) is -0.216. The normalized spacial score (nSPS) is 12.4. The number of aryl methyl sites for hydroxylation is 1. The highest BCUT2D eigenvalue weighted by atomic mass is 79.9. The molecule has 112 valence electrons. The van der Waals surface area contributed by atoms with Crippen LogP contribution in [0.4, 0.5) is 4.39 Å². The lowest BCUT2D eigenvalue weighted by molar-refractivity contribution is 0.513. The van der Waals surface area contributed by atoms with E-state index < -0.39 is 0 Å². The molecule has 1 unspecified atom stereocenters. The minimum Gasteiger partial charge on any atom is -0.308 e. The summed E-state index contributed by atoms with van der Waals surface area (Å²) in [4.78, 5) is 4.50. The van der Waals surface area contributed by atoms with Gasteiger partial charge in [-0.25, -0.2) is 4.39 Å². The van der Waals surface area contributed by atoms with Crippen LogP contribution in [0.1, 0.15) is 36.2 Å². The lowest BCUT2D eigenvalue weighted by Crippen LogP contribution is -2.25. The van der Waals surface area contributed by atoms with Gasteiger partial charge in [0.25, 0.3) is 0 Å². The van der Waals surface area contributed by atoms with E-state index in [1.807, 2.05) is 18.3 Å². The van der Waals surface area contributed by atoms with Gasteiger partial charge in [0, 0.05) is 10.7 Å². The Morgan fingerprint density at radius 2 is 2.14 bits per heavy atom. The smallest absolute Gasteiger partial charge is 0.124 e. The molecule has 2 nitrogen and oxygen atoms in total. The van der Waals surface area contributed by atoms with Crippen molar-refractivity contribution in [3.63, 3.8) is 0 Å². The van der Waals surface area contributed by atoms with E-state index in [-0.39, 0.29) is 11.9 Å². The quantitative estimate of drug-likeness (QED) is 0.824. The van der Waals surface area contributed by atoms with E-state index in [1.165, 1.54) is 6.07 Å². The van der Waals surface area contributed by atoms with Gasteiger partial charge in [0.1, 0.15) is 5.82 Å². The third-order valence-corrected chi connectivity index (χ3v) is 3.84. The number of aromatic nitrogens is 1. The maximum absolute atomic E-state index is 13.5. The monoisotopic (exact) mass is 350 g/mol. The van der Waals surface area contributed by atoms with Crippen molar-refractivity contribution in [2.24, 2.45) is 0 Å². The molecule has 0 aliphatic carbocycles. The molecule has 0 spiro atoms. The number of pyridine rings is 1. The highest BCUT2D eigenvalue weighted by Gasteiger charge is 2.15. The molecular formula is C17H20BrFN2. The maximum Gasteiger partial charge on any atom is 0.124 e. The number of benzene rings is 1. The Hall–Kier alpha value is -1.26. The van der Waals surface area contributed by atoms with Crippen molar-refractivity contribution in [2.75, 3.05) is 6.54 Å². The van der Waals surface area contributed by atoms with Crippen LogP contribution in [0.3, 0.4) is 0 Å². The second-order valence-electron chi connectivity index (χ2n) is 5.19. The van der Waals surface area contributed by atoms with Gasteiger partial charge in [-0.15, -0.1) is 0 Å². The Bertz CT molecular complexity index is 581. The van der Waals surface area contributed by atoms with Gasteiger partial charge in [0.05, 0.1) is 11.7 Å². The number of halogens is 2. The van der Waals surface area contributed by atoms with Crippen LogP contribution in [0.25, 0.3) is 0 Å². The summed E-state index contributed by atoms with van der Waals surface area (Å²) >= 11 is 3.35. The van der Waals surface area contributed by atoms with Crippen LogP contribution < -0.4 is 5.32 Å². The van der Waals surface area contributed by atoms with Gasteiger partial charge in [0.2, 0.25) is 0 Å². The summed E-state index contributed by atoms with van der Waals surface area (Å²) in [7, 11) is 0. The van der Waals surface area contributed by atoms with Gasteiger partial charge in [-0.1, -0.05) is 28.9 Å². The summed E-state index contributed by atoms with van der Waals surface area (Å²) < 4.78 is 14.3. The van der Waals surface area contributed by atoms with Gasteiger partial charge in [-0.05, 0) is 61.7 Å². The molecule has 0 saturated carbocycles. The standard InChI is InChI=1S/C17H20BrFN2/c1-3-6-20-16(17-12(2)5-4-7-21-17)10-13-8-14(18)11-15(19)9-13/h4-5,7-9,11,16,20H,3,6,10H2,1-2H3. The lowest BCUT2D eigenvalue weighted by atomic mass is 9.99. The average Bonchev–Trinajstić information content (AvgIpc) is 2.43. The first kappa shape index (κ1) is 16.1. The summed E-state index contributed by atoms with van der Waals surface area (Å²) in [5, 5.41) is 3.51. The second kappa shape index (κ2) is 7.66. The van der Waals surface area contributed by atoms with Crippen molar-refractivity contribution in [2.45, 2.75) is 32.7 Å². The van der Waals surface area contributed by atoms with Crippen LogP contribution in [-0.2, 0) is 6.42 Å². The van der Waals surface area contributed by atoms with Crippen LogP contribution in [0.5, 0.6) is 0 Å². The Balaban J connectivity index is 2.26. The Morgan fingerprint density at radius 3 is 2.81 bits per heavy atom.